The first kappa shape index (κ1) is 14.9. The van der Waals surface area contributed by atoms with E-state index < -0.39 is 21.7 Å². The van der Waals surface area contributed by atoms with Gasteiger partial charge in [0.15, 0.2) is 5.60 Å². The van der Waals surface area contributed by atoms with Gasteiger partial charge in [-0.15, -0.1) is 0 Å². The van der Waals surface area contributed by atoms with Crippen molar-refractivity contribution in [3.63, 3.8) is 0 Å². The maximum absolute atomic E-state index is 11.9. The summed E-state index contributed by atoms with van der Waals surface area (Å²) >= 11 is 5.78. The van der Waals surface area contributed by atoms with Crippen LogP contribution in [0.4, 0.5) is 0 Å². The van der Waals surface area contributed by atoms with Crippen LogP contribution in [0.3, 0.4) is 0 Å². The van der Waals surface area contributed by atoms with Gasteiger partial charge in [0.25, 0.3) is 10.1 Å². The largest absolute Gasteiger partial charge is 0.479 e. The van der Waals surface area contributed by atoms with Crippen molar-refractivity contribution in [1.82, 2.24) is 0 Å². The number of rotatable bonds is 4. The second-order valence-electron chi connectivity index (χ2n) is 4.26. The first-order valence-corrected chi connectivity index (χ1v) is 6.80. The molecule has 0 aliphatic rings. The zero-order valence-corrected chi connectivity index (χ0v) is 11.7. The fourth-order valence-electron chi connectivity index (χ4n) is 1.13. The Labute approximate surface area is 110 Å². The number of hydrogen-bond acceptors (Lipinski definition) is 4. The summed E-state index contributed by atoms with van der Waals surface area (Å²) in [6.45, 7) is 3.97. The summed E-state index contributed by atoms with van der Waals surface area (Å²) in [5.41, 5.74) is -1.26. The molecule has 7 heteroatoms. The third kappa shape index (κ3) is 3.22. The monoisotopic (exact) mass is 292 g/mol. The van der Waals surface area contributed by atoms with Crippen molar-refractivity contribution in [3.8, 4) is 0 Å². The molecule has 0 atom stereocenters. The van der Waals surface area contributed by atoms with E-state index in [0.29, 0.717) is 10.6 Å². The quantitative estimate of drug-likeness (QED) is 0.861. The van der Waals surface area contributed by atoms with E-state index >= 15 is 0 Å². The van der Waals surface area contributed by atoms with Crippen LogP contribution >= 0.6 is 11.6 Å². The molecule has 0 saturated heterocycles. The van der Waals surface area contributed by atoms with Crippen LogP contribution < -0.4 is 0 Å². The molecule has 0 amide bonds. The average molecular weight is 293 g/mol. The van der Waals surface area contributed by atoms with Crippen LogP contribution in [0.5, 0.6) is 0 Å². The maximum atomic E-state index is 11.9. The van der Waals surface area contributed by atoms with Gasteiger partial charge in [-0.1, -0.05) is 11.6 Å². The van der Waals surface area contributed by atoms with E-state index in [9.17, 15) is 13.2 Å². The first-order chi connectivity index (χ1) is 8.06. The summed E-state index contributed by atoms with van der Waals surface area (Å²) in [5.74, 6) is -1.36. The molecule has 0 spiro atoms. The van der Waals surface area contributed by atoms with Crippen molar-refractivity contribution in [3.05, 3.63) is 28.8 Å². The Kier molecular flexibility index (Phi) is 4.05. The van der Waals surface area contributed by atoms with Crippen molar-refractivity contribution in [2.24, 2.45) is 0 Å². The number of carbonyl (C=O) groups is 1. The van der Waals surface area contributed by atoms with E-state index in [-0.39, 0.29) is 4.90 Å². The van der Waals surface area contributed by atoms with E-state index in [2.05, 4.69) is 0 Å². The lowest BCUT2D eigenvalue weighted by atomic mass is 10.1. The number of carboxylic acid groups (broad SMARTS) is 1. The van der Waals surface area contributed by atoms with Crippen LogP contribution in [0.1, 0.15) is 19.4 Å². The Morgan fingerprint density at radius 3 is 2.39 bits per heavy atom. The zero-order chi connectivity index (χ0) is 14.1. The van der Waals surface area contributed by atoms with Crippen molar-refractivity contribution >= 4 is 27.7 Å². The number of benzene rings is 1. The molecule has 0 aliphatic carbocycles. The number of aryl methyl sites for hydroxylation is 1. The number of aliphatic carboxylic acids is 1. The predicted molar refractivity (Wildman–Crippen MR) is 66.2 cm³/mol. The third-order valence-electron chi connectivity index (χ3n) is 2.25. The summed E-state index contributed by atoms with van der Waals surface area (Å²) < 4.78 is 28.5. The highest BCUT2D eigenvalue weighted by Gasteiger charge is 2.35. The highest BCUT2D eigenvalue weighted by molar-refractivity contribution is 7.86. The Morgan fingerprint density at radius 2 is 1.94 bits per heavy atom. The second kappa shape index (κ2) is 4.87. The molecule has 1 N–H and O–H groups in total. The van der Waals surface area contributed by atoms with Crippen molar-refractivity contribution in [2.75, 3.05) is 0 Å². The van der Waals surface area contributed by atoms with Crippen molar-refractivity contribution < 1.29 is 22.5 Å². The lowest BCUT2D eigenvalue weighted by Gasteiger charge is -2.19. The first-order valence-electron chi connectivity index (χ1n) is 5.01. The van der Waals surface area contributed by atoms with Gasteiger partial charge in [0.2, 0.25) is 0 Å². The number of carboxylic acids is 1. The molecule has 18 heavy (non-hydrogen) atoms. The Balaban J connectivity index is 3.15. The molecule has 0 fully saturated rings. The van der Waals surface area contributed by atoms with Crippen LogP contribution in [0, 0.1) is 6.92 Å². The molecule has 0 aromatic heterocycles. The summed E-state index contributed by atoms with van der Waals surface area (Å²) in [5, 5.41) is 9.26. The van der Waals surface area contributed by atoms with Gasteiger partial charge in [-0.05, 0) is 44.5 Å². The van der Waals surface area contributed by atoms with E-state index in [1.165, 1.54) is 18.2 Å². The minimum atomic E-state index is -4.14. The predicted octanol–water partition coefficient (Wildman–Crippen LogP) is 2.22. The lowest BCUT2D eigenvalue weighted by Crippen LogP contribution is -2.37. The fraction of sp³-hybridized carbons (Fsp3) is 0.364. The molecular formula is C11H13ClO5S. The molecule has 0 saturated carbocycles. The lowest BCUT2D eigenvalue weighted by molar-refractivity contribution is -0.151. The van der Waals surface area contributed by atoms with Gasteiger partial charge < -0.3 is 5.11 Å². The van der Waals surface area contributed by atoms with Crippen LogP contribution in [-0.4, -0.2) is 25.1 Å². The fourth-order valence-corrected chi connectivity index (χ4v) is 2.52. The van der Waals surface area contributed by atoms with Crippen LogP contribution in [-0.2, 0) is 19.1 Å². The minimum Gasteiger partial charge on any atom is -0.479 e. The van der Waals surface area contributed by atoms with Gasteiger partial charge >= 0.3 is 5.97 Å². The zero-order valence-electron chi connectivity index (χ0n) is 10.1. The van der Waals surface area contributed by atoms with Crippen molar-refractivity contribution in [1.29, 1.82) is 0 Å². The van der Waals surface area contributed by atoms with Gasteiger partial charge in [-0.25, -0.2) is 8.98 Å². The van der Waals surface area contributed by atoms with Gasteiger partial charge in [0, 0.05) is 5.02 Å². The second-order valence-corrected chi connectivity index (χ2v) is 6.22. The molecule has 0 aliphatic heterocycles. The molecule has 1 aromatic carbocycles. The molecule has 0 unspecified atom stereocenters. The normalized spacial score (nSPS) is 12.4. The molecular weight excluding hydrogens is 280 g/mol. The van der Waals surface area contributed by atoms with Crippen molar-refractivity contribution in [2.45, 2.75) is 31.3 Å². The summed E-state index contributed by atoms with van der Waals surface area (Å²) in [4.78, 5) is 10.7. The third-order valence-corrected chi connectivity index (χ3v) is 4.14. The number of halogens is 1. The van der Waals surface area contributed by atoms with Gasteiger partial charge in [0.05, 0.1) is 4.90 Å². The topological polar surface area (TPSA) is 80.7 Å². The SMILES string of the molecule is Cc1cc(S(=O)(=O)OC(C)(C)C(=O)O)ccc1Cl. The number of hydrogen-bond donors (Lipinski definition) is 1. The minimum absolute atomic E-state index is 0.126. The van der Waals surface area contributed by atoms with Gasteiger partial charge in [-0.2, -0.15) is 8.42 Å². The molecule has 100 valence electrons. The van der Waals surface area contributed by atoms with Crippen LogP contribution in [0.2, 0.25) is 5.02 Å². The molecule has 5 nitrogen and oxygen atoms in total. The highest BCUT2D eigenvalue weighted by Crippen LogP contribution is 2.24. The van der Waals surface area contributed by atoms with E-state index in [4.69, 9.17) is 20.9 Å². The van der Waals surface area contributed by atoms with E-state index in [1.54, 1.807) is 6.92 Å². The van der Waals surface area contributed by atoms with E-state index in [1.807, 2.05) is 0 Å². The Morgan fingerprint density at radius 1 is 1.39 bits per heavy atom. The summed E-state index contributed by atoms with van der Waals surface area (Å²) in [6.07, 6.45) is 0. The molecule has 0 heterocycles. The summed E-state index contributed by atoms with van der Waals surface area (Å²) in [7, 11) is -4.14. The van der Waals surface area contributed by atoms with Crippen LogP contribution in [0.25, 0.3) is 0 Å². The summed E-state index contributed by atoms with van der Waals surface area (Å²) in [6, 6.07) is 4.01. The molecule has 1 rings (SSSR count). The maximum Gasteiger partial charge on any atom is 0.336 e. The van der Waals surface area contributed by atoms with Crippen LogP contribution in [0.15, 0.2) is 23.1 Å². The smallest absolute Gasteiger partial charge is 0.336 e. The highest BCUT2D eigenvalue weighted by atomic mass is 35.5. The Hall–Kier alpha value is -1.11. The van der Waals surface area contributed by atoms with Gasteiger partial charge in [0.1, 0.15) is 0 Å². The standard InChI is InChI=1S/C11H13ClO5S/c1-7-6-8(4-5-9(7)12)18(15,16)17-11(2,3)10(13)14/h4-6H,1-3H3,(H,13,14). The average Bonchev–Trinajstić information content (AvgIpc) is 2.20. The van der Waals surface area contributed by atoms with Gasteiger partial charge in [-0.3, -0.25) is 0 Å². The Bertz CT molecular complexity index is 577. The molecule has 0 bridgehead atoms. The molecule has 0 radical (unpaired) electrons. The van der Waals surface area contributed by atoms with E-state index in [0.717, 1.165) is 13.8 Å². The molecule has 1 aromatic rings.